The number of likely N-dealkylation sites (N-methyl/N-ethyl adjacent to an activating group) is 1. The van der Waals surface area contributed by atoms with E-state index in [1.165, 1.54) is 12.1 Å². The van der Waals surface area contributed by atoms with Crippen LogP contribution < -0.4 is 15.4 Å². The second-order valence-electron chi connectivity index (χ2n) is 5.43. The molecule has 0 saturated carbocycles. The van der Waals surface area contributed by atoms with E-state index in [1.54, 1.807) is 12.1 Å². The summed E-state index contributed by atoms with van der Waals surface area (Å²) in [5.74, 6) is 0.996. The van der Waals surface area contributed by atoms with Gasteiger partial charge in [0.05, 0.1) is 6.54 Å². The fourth-order valence-electron chi connectivity index (χ4n) is 1.89. The van der Waals surface area contributed by atoms with Crippen molar-refractivity contribution in [3.8, 4) is 5.75 Å². The molecule has 0 aromatic heterocycles. The molecular formula is C17H29FN4O. The zero-order chi connectivity index (χ0) is 17.1. The van der Waals surface area contributed by atoms with Crippen LogP contribution in [0.1, 0.15) is 20.8 Å². The quantitative estimate of drug-likeness (QED) is 0.539. The van der Waals surface area contributed by atoms with Crippen LogP contribution in [-0.2, 0) is 0 Å². The molecule has 0 spiro atoms. The molecule has 6 heteroatoms. The minimum absolute atomic E-state index is 0.134. The highest BCUT2D eigenvalue weighted by Gasteiger charge is 2.05. The van der Waals surface area contributed by atoms with Gasteiger partial charge in [-0.25, -0.2) is 9.38 Å². The number of benzene rings is 1. The van der Waals surface area contributed by atoms with E-state index in [-0.39, 0.29) is 11.9 Å². The first-order chi connectivity index (χ1) is 11.0. The van der Waals surface area contributed by atoms with Gasteiger partial charge in [-0.3, -0.25) is 0 Å². The fraction of sp³-hybridized carbons (Fsp3) is 0.588. The summed E-state index contributed by atoms with van der Waals surface area (Å²) in [5.41, 5.74) is 0. The van der Waals surface area contributed by atoms with Gasteiger partial charge in [0, 0.05) is 25.7 Å². The highest BCUT2D eigenvalue weighted by Crippen LogP contribution is 2.13. The van der Waals surface area contributed by atoms with E-state index in [4.69, 9.17) is 4.74 Å². The van der Waals surface area contributed by atoms with Crippen molar-refractivity contribution in [3.63, 3.8) is 0 Å². The Morgan fingerprint density at radius 1 is 1.35 bits per heavy atom. The molecule has 130 valence electrons. The predicted molar refractivity (Wildman–Crippen MR) is 93.6 cm³/mol. The van der Waals surface area contributed by atoms with E-state index in [9.17, 15) is 4.39 Å². The number of rotatable bonds is 9. The van der Waals surface area contributed by atoms with Crippen molar-refractivity contribution in [2.75, 3.05) is 39.8 Å². The van der Waals surface area contributed by atoms with Gasteiger partial charge in [-0.2, -0.15) is 0 Å². The van der Waals surface area contributed by atoms with Crippen LogP contribution in [0.5, 0.6) is 5.75 Å². The van der Waals surface area contributed by atoms with Crippen molar-refractivity contribution in [2.45, 2.75) is 26.9 Å². The van der Waals surface area contributed by atoms with Crippen LogP contribution in [0.25, 0.3) is 0 Å². The van der Waals surface area contributed by atoms with E-state index in [2.05, 4.69) is 34.5 Å². The SMILES string of the molecule is CCNC(=NCC(C)Oc1cccc(F)c1)NCCN(C)CC. The van der Waals surface area contributed by atoms with Gasteiger partial charge in [-0.1, -0.05) is 13.0 Å². The van der Waals surface area contributed by atoms with Crippen LogP contribution in [0, 0.1) is 5.82 Å². The molecule has 2 N–H and O–H groups in total. The van der Waals surface area contributed by atoms with E-state index in [0.29, 0.717) is 12.3 Å². The Hall–Kier alpha value is -1.82. The molecule has 0 heterocycles. The average molecular weight is 324 g/mol. The lowest BCUT2D eigenvalue weighted by Crippen LogP contribution is -2.41. The summed E-state index contributed by atoms with van der Waals surface area (Å²) in [7, 11) is 2.08. The maximum absolute atomic E-state index is 13.1. The third-order valence-electron chi connectivity index (χ3n) is 3.31. The van der Waals surface area contributed by atoms with E-state index in [1.807, 2.05) is 13.8 Å². The Kier molecular flexibility index (Phi) is 9.05. The Balaban J connectivity index is 2.45. The van der Waals surface area contributed by atoms with Gasteiger partial charge in [0.1, 0.15) is 17.7 Å². The third-order valence-corrected chi connectivity index (χ3v) is 3.31. The van der Waals surface area contributed by atoms with Crippen molar-refractivity contribution in [1.82, 2.24) is 15.5 Å². The Morgan fingerprint density at radius 2 is 2.13 bits per heavy atom. The first kappa shape index (κ1) is 19.2. The summed E-state index contributed by atoms with van der Waals surface area (Å²) in [5, 5.41) is 6.50. The molecule has 0 amide bonds. The molecule has 1 aromatic carbocycles. The molecule has 0 aliphatic rings. The van der Waals surface area contributed by atoms with Gasteiger partial charge in [0.15, 0.2) is 5.96 Å². The Morgan fingerprint density at radius 3 is 2.78 bits per heavy atom. The molecule has 1 rings (SSSR count). The lowest BCUT2D eigenvalue weighted by Gasteiger charge is -2.17. The van der Waals surface area contributed by atoms with Crippen molar-refractivity contribution in [2.24, 2.45) is 4.99 Å². The van der Waals surface area contributed by atoms with Gasteiger partial charge < -0.3 is 20.3 Å². The first-order valence-electron chi connectivity index (χ1n) is 8.18. The number of hydrogen-bond donors (Lipinski definition) is 2. The minimum Gasteiger partial charge on any atom is -0.489 e. The number of nitrogens with one attached hydrogen (secondary N) is 2. The minimum atomic E-state index is -0.298. The summed E-state index contributed by atoms with van der Waals surface area (Å²) >= 11 is 0. The van der Waals surface area contributed by atoms with Gasteiger partial charge in [-0.05, 0) is 39.6 Å². The highest BCUT2D eigenvalue weighted by molar-refractivity contribution is 5.79. The third kappa shape index (κ3) is 8.40. The van der Waals surface area contributed by atoms with Crippen LogP contribution in [0.3, 0.4) is 0 Å². The lowest BCUT2D eigenvalue weighted by atomic mass is 10.3. The molecule has 0 aliphatic carbocycles. The number of guanidine groups is 1. The molecule has 0 fully saturated rings. The molecular weight excluding hydrogens is 295 g/mol. The number of nitrogens with zero attached hydrogens (tertiary/aromatic N) is 2. The van der Waals surface area contributed by atoms with Crippen molar-refractivity contribution < 1.29 is 9.13 Å². The molecule has 23 heavy (non-hydrogen) atoms. The molecule has 1 aromatic rings. The number of hydrogen-bond acceptors (Lipinski definition) is 3. The maximum atomic E-state index is 13.1. The monoisotopic (exact) mass is 324 g/mol. The predicted octanol–water partition coefficient (Wildman–Crippen LogP) is 2.10. The summed E-state index contributed by atoms with van der Waals surface area (Å²) in [6.07, 6.45) is -0.134. The fourth-order valence-corrected chi connectivity index (χ4v) is 1.89. The van der Waals surface area contributed by atoms with Gasteiger partial charge in [-0.15, -0.1) is 0 Å². The van der Waals surface area contributed by atoms with Crippen LogP contribution in [0.4, 0.5) is 4.39 Å². The van der Waals surface area contributed by atoms with E-state index in [0.717, 1.165) is 32.1 Å². The van der Waals surface area contributed by atoms with Crippen LogP contribution >= 0.6 is 0 Å². The molecule has 1 unspecified atom stereocenters. The van der Waals surface area contributed by atoms with Gasteiger partial charge >= 0.3 is 0 Å². The summed E-state index contributed by atoms with van der Waals surface area (Å²) in [6.45, 7) is 10.2. The topological polar surface area (TPSA) is 48.9 Å². The van der Waals surface area contributed by atoms with Gasteiger partial charge in [0.25, 0.3) is 0 Å². The van der Waals surface area contributed by atoms with Crippen molar-refractivity contribution in [1.29, 1.82) is 0 Å². The highest BCUT2D eigenvalue weighted by atomic mass is 19.1. The summed E-state index contributed by atoms with van der Waals surface area (Å²) in [4.78, 5) is 6.74. The number of ether oxygens (including phenoxy) is 1. The standard InChI is InChI=1S/C17H29FN4O/c1-5-19-17(20-10-11-22(4)6-2)21-13-14(3)23-16-9-7-8-15(18)12-16/h7-9,12,14H,5-6,10-11,13H2,1-4H3,(H2,19,20,21). The second kappa shape index (κ2) is 10.8. The summed E-state index contributed by atoms with van der Waals surface area (Å²) in [6, 6.07) is 6.16. The molecule has 1 atom stereocenters. The van der Waals surface area contributed by atoms with Crippen molar-refractivity contribution in [3.05, 3.63) is 30.1 Å². The van der Waals surface area contributed by atoms with E-state index < -0.39 is 0 Å². The molecule has 0 saturated heterocycles. The van der Waals surface area contributed by atoms with Crippen molar-refractivity contribution >= 4 is 5.96 Å². The first-order valence-corrected chi connectivity index (χ1v) is 8.18. The average Bonchev–Trinajstić information content (AvgIpc) is 2.52. The zero-order valence-electron chi connectivity index (χ0n) is 14.6. The van der Waals surface area contributed by atoms with Crippen LogP contribution in [0.2, 0.25) is 0 Å². The number of aliphatic imine (C=N–C) groups is 1. The molecule has 5 nitrogen and oxygen atoms in total. The Labute approximate surface area is 138 Å². The Bertz CT molecular complexity index is 481. The van der Waals surface area contributed by atoms with Crippen LogP contribution in [0.15, 0.2) is 29.3 Å². The van der Waals surface area contributed by atoms with Gasteiger partial charge in [0.2, 0.25) is 0 Å². The maximum Gasteiger partial charge on any atom is 0.191 e. The number of halogens is 1. The molecule has 0 aliphatic heterocycles. The van der Waals surface area contributed by atoms with E-state index >= 15 is 0 Å². The zero-order valence-corrected chi connectivity index (χ0v) is 14.6. The summed E-state index contributed by atoms with van der Waals surface area (Å²) < 4.78 is 18.8. The largest absolute Gasteiger partial charge is 0.489 e. The second-order valence-corrected chi connectivity index (χ2v) is 5.43. The van der Waals surface area contributed by atoms with Crippen LogP contribution in [-0.4, -0.2) is 56.7 Å². The normalized spacial score (nSPS) is 13.0. The lowest BCUT2D eigenvalue weighted by molar-refractivity contribution is 0.229. The molecule has 0 bridgehead atoms. The molecule has 0 radical (unpaired) electrons. The smallest absolute Gasteiger partial charge is 0.191 e.